The monoisotopic (exact) mass is 307 g/mol. The van der Waals surface area contributed by atoms with Crippen LogP contribution in [-0.2, 0) is 0 Å². The van der Waals surface area contributed by atoms with Gasteiger partial charge in [0, 0.05) is 23.0 Å². The van der Waals surface area contributed by atoms with Crippen LogP contribution in [0.2, 0.25) is 0 Å². The van der Waals surface area contributed by atoms with Gasteiger partial charge in [-0.15, -0.1) is 0 Å². The van der Waals surface area contributed by atoms with E-state index in [1.165, 1.54) is 6.42 Å². The fourth-order valence-corrected chi connectivity index (χ4v) is 2.63. The van der Waals surface area contributed by atoms with E-state index in [-0.39, 0.29) is 0 Å². The molecule has 0 amide bonds. The van der Waals surface area contributed by atoms with Crippen LogP contribution in [0.4, 0.5) is 0 Å². The van der Waals surface area contributed by atoms with Crippen molar-refractivity contribution in [3.63, 3.8) is 0 Å². The molecule has 2 nitrogen and oxygen atoms in total. The predicted octanol–water partition coefficient (Wildman–Crippen LogP) is 4.42. The van der Waals surface area contributed by atoms with E-state index in [1.807, 2.05) is 24.4 Å². The molecule has 2 rings (SSSR count). The Morgan fingerprint density at radius 3 is 3.00 bits per heavy atom. The lowest BCUT2D eigenvalue weighted by Crippen LogP contribution is -2.04. The van der Waals surface area contributed by atoms with Gasteiger partial charge in [0.2, 0.25) is 0 Å². The number of nitrogens with zero attached hydrogens (tertiary/aromatic N) is 1. The van der Waals surface area contributed by atoms with Crippen molar-refractivity contribution in [2.75, 3.05) is 11.9 Å². The molecular weight excluding hydrogens is 290 g/mol. The SMILES string of the molecule is CC(CCBr)CCOc1ccc2cccnc2c1. The van der Waals surface area contributed by atoms with Gasteiger partial charge in [0.15, 0.2) is 0 Å². The van der Waals surface area contributed by atoms with Crippen molar-refractivity contribution < 1.29 is 4.74 Å². The summed E-state index contributed by atoms with van der Waals surface area (Å²) in [5, 5.41) is 2.21. The number of hydrogen-bond acceptors (Lipinski definition) is 2. The van der Waals surface area contributed by atoms with Crippen LogP contribution in [0.15, 0.2) is 36.5 Å². The highest BCUT2D eigenvalue weighted by Crippen LogP contribution is 2.19. The molecule has 1 atom stereocenters. The summed E-state index contributed by atoms with van der Waals surface area (Å²) in [5.41, 5.74) is 0.989. The van der Waals surface area contributed by atoms with Crippen molar-refractivity contribution in [3.8, 4) is 5.75 Å². The summed E-state index contributed by atoms with van der Waals surface area (Å²) in [4.78, 5) is 4.33. The highest BCUT2D eigenvalue weighted by atomic mass is 79.9. The van der Waals surface area contributed by atoms with Gasteiger partial charge in [0.25, 0.3) is 0 Å². The molecule has 1 unspecified atom stereocenters. The number of pyridine rings is 1. The standard InChI is InChI=1S/C15H18BrNO/c1-12(6-8-16)7-10-18-14-5-4-13-3-2-9-17-15(13)11-14/h2-5,9,11-12H,6-8,10H2,1H3. The molecule has 0 N–H and O–H groups in total. The lowest BCUT2D eigenvalue weighted by Gasteiger charge is -2.11. The van der Waals surface area contributed by atoms with E-state index in [1.54, 1.807) is 0 Å². The lowest BCUT2D eigenvalue weighted by molar-refractivity contribution is 0.282. The van der Waals surface area contributed by atoms with Crippen molar-refractivity contribution in [2.45, 2.75) is 19.8 Å². The van der Waals surface area contributed by atoms with Gasteiger partial charge >= 0.3 is 0 Å². The second-order valence-corrected chi connectivity index (χ2v) is 5.37. The van der Waals surface area contributed by atoms with Gasteiger partial charge in [-0.1, -0.05) is 28.9 Å². The number of rotatable bonds is 6. The average molecular weight is 308 g/mol. The summed E-state index contributed by atoms with van der Waals surface area (Å²) < 4.78 is 5.78. The van der Waals surface area contributed by atoms with Gasteiger partial charge in [-0.25, -0.2) is 0 Å². The van der Waals surface area contributed by atoms with Crippen molar-refractivity contribution >= 4 is 26.8 Å². The molecule has 96 valence electrons. The second kappa shape index (κ2) is 6.74. The van der Waals surface area contributed by atoms with E-state index in [2.05, 4.69) is 40.0 Å². The van der Waals surface area contributed by atoms with Crippen LogP contribution < -0.4 is 4.74 Å². The van der Waals surface area contributed by atoms with E-state index in [0.717, 1.165) is 35.0 Å². The summed E-state index contributed by atoms with van der Waals surface area (Å²) in [6, 6.07) is 10.1. The van der Waals surface area contributed by atoms with Crippen LogP contribution in [0.3, 0.4) is 0 Å². The summed E-state index contributed by atoms with van der Waals surface area (Å²) in [5.74, 6) is 1.61. The van der Waals surface area contributed by atoms with E-state index >= 15 is 0 Å². The summed E-state index contributed by atoms with van der Waals surface area (Å²) in [6.45, 7) is 3.03. The predicted molar refractivity (Wildman–Crippen MR) is 79.4 cm³/mol. The highest BCUT2D eigenvalue weighted by Gasteiger charge is 2.02. The first-order valence-electron chi connectivity index (χ1n) is 6.33. The molecule has 0 radical (unpaired) electrons. The molecule has 0 aliphatic heterocycles. The number of hydrogen-bond donors (Lipinski definition) is 0. The first kappa shape index (κ1) is 13.3. The number of alkyl halides is 1. The third-order valence-corrected chi connectivity index (χ3v) is 3.52. The molecular formula is C15H18BrNO. The van der Waals surface area contributed by atoms with Gasteiger partial charge in [-0.05, 0) is 37.0 Å². The van der Waals surface area contributed by atoms with Crippen molar-refractivity contribution in [3.05, 3.63) is 36.5 Å². The van der Waals surface area contributed by atoms with Gasteiger partial charge in [0.1, 0.15) is 5.75 Å². The maximum atomic E-state index is 5.78. The third-order valence-electron chi connectivity index (χ3n) is 3.06. The maximum absolute atomic E-state index is 5.78. The van der Waals surface area contributed by atoms with Crippen LogP contribution in [0, 0.1) is 5.92 Å². The molecule has 1 heterocycles. The van der Waals surface area contributed by atoms with Gasteiger partial charge in [0.05, 0.1) is 12.1 Å². The zero-order valence-electron chi connectivity index (χ0n) is 10.6. The smallest absolute Gasteiger partial charge is 0.121 e. The first-order chi connectivity index (χ1) is 8.79. The molecule has 18 heavy (non-hydrogen) atoms. The molecule has 0 saturated heterocycles. The van der Waals surface area contributed by atoms with E-state index in [4.69, 9.17) is 4.74 Å². The average Bonchev–Trinajstić information content (AvgIpc) is 2.39. The zero-order valence-corrected chi connectivity index (χ0v) is 12.2. The highest BCUT2D eigenvalue weighted by molar-refractivity contribution is 9.09. The van der Waals surface area contributed by atoms with Crippen LogP contribution in [0.25, 0.3) is 10.9 Å². The molecule has 0 fully saturated rings. The van der Waals surface area contributed by atoms with Crippen LogP contribution in [-0.4, -0.2) is 16.9 Å². The largest absolute Gasteiger partial charge is 0.494 e. The molecule has 1 aromatic heterocycles. The first-order valence-corrected chi connectivity index (χ1v) is 7.45. The van der Waals surface area contributed by atoms with Crippen LogP contribution >= 0.6 is 15.9 Å². The normalized spacial score (nSPS) is 12.6. The van der Waals surface area contributed by atoms with Crippen LogP contribution in [0.1, 0.15) is 19.8 Å². The Bertz CT molecular complexity index is 501. The third kappa shape index (κ3) is 3.70. The molecule has 0 aliphatic rings. The molecule has 2 aromatic rings. The number of aromatic nitrogens is 1. The van der Waals surface area contributed by atoms with Gasteiger partial charge < -0.3 is 4.74 Å². The van der Waals surface area contributed by atoms with Gasteiger partial charge in [-0.2, -0.15) is 0 Å². The number of halogens is 1. The Morgan fingerprint density at radius 2 is 2.17 bits per heavy atom. The molecule has 3 heteroatoms. The van der Waals surface area contributed by atoms with E-state index in [0.29, 0.717) is 5.92 Å². The molecule has 0 spiro atoms. The van der Waals surface area contributed by atoms with Gasteiger partial charge in [-0.3, -0.25) is 4.98 Å². The van der Waals surface area contributed by atoms with E-state index in [9.17, 15) is 0 Å². The van der Waals surface area contributed by atoms with Crippen molar-refractivity contribution in [1.82, 2.24) is 4.98 Å². The zero-order chi connectivity index (χ0) is 12.8. The minimum Gasteiger partial charge on any atom is -0.494 e. The molecule has 0 aliphatic carbocycles. The maximum Gasteiger partial charge on any atom is 0.121 e. The van der Waals surface area contributed by atoms with Crippen molar-refractivity contribution in [1.29, 1.82) is 0 Å². The minimum atomic E-state index is 0.697. The molecule has 0 saturated carbocycles. The van der Waals surface area contributed by atoms with Crippen LogP contribution in [0.5, 0.6) is 5.75 Å². The summed E-state index contributed by atoms with van der Waals surface area (Å²) in [6.07, 6.45) is 4.10. The molecule has 1 aromatic carbocycles. The number of fused-ring (bicyclic) bond motifs is 1. The fraction of sp³-hybridized carbons (Fsp3) is 0.400. The topological polar surface area (TPSA) is 22.1 Å². The quantitative estimate of drug-likeness (QED) is 0.737. The fourth-order valence-electron chi connectivity index (χ4n) is 1.84. The van der Waals surface area contributed by atoms with E-state index < -0.39 is 0 Å². The Kier molecular flexibility index (Phi) is 5.00. The second-order valence-electron chi connectivity index (χ2n) is 4.58. The minimum absolute atomic E-state index is 0.697. The Labute approximate surface area is 117 Å². The van der Waals surface area contributed by atoms with Crippen molar-refractivity contribution in [2.24, 2.45) is 5.92 Å². The Hall–Kier alpha value is -1.09. The molecule has 0 bridgehead atoms. The summed E-state index contributed by atoms with van der Waals surface area (Å²) >= 11 is 3.46. The Morgan fingerprint density at radius 1 is 1.28 bits per heavy atom. The number of benzene rings is 1. The summed E-state index contributed by atoms with van der Waals surface area (Å²) in [7, 11) is 0. The Balaban J connectivity index is 1.91. The lowest BCUT2D eigenvalue weighted by atomic mass is 10.1. The number of ether oxygens (including phenoxy) is 1.